The number of urea groups is 1. The van der Waals surface area contributed by atoms with Gasteiger partial charge in [0.15, 0.2) is 0 Å². The van der Waals surface area contributed by atoms with Crippen LogP contribution in [0.4, 0.5) is 10.5 Å². The second-order valence-corrected chi connectivity index (χ2v) is 6.69. The normalized spacial score (nSPS) is 18.9. The minimum Gasteiger partial charge on any atom is -0.329 e. The summed E-state index contributed by atoms with van der Waals surface area (Å²) in [6.07, 6.45) is 0.853. The SMILES string of the molecule is C[C@@H]1Cc2ccccc2N1C(=O)c1ccc(CN2C(=O)CNC2=O)cc1. The third-order valence-corrected chi connectivity index (χ3v) is 4.90. The smallest absolute Gasteiger partial charge is 0.324 e. The van der Waals surface area contributed by atoms with E-state index in [4.69, 9.17) is 0 Å². The number of hydrogen-bond acceptors (Lipinski definition) is 3. The Morgan fingerprint density at radius 3 is 2.54 bits per heavy atom. The maximum atomic E-state index is 13.0. The summed E-state index contributed by atoms with van der Waals surface area (Å²) in [4.78, 5) is 39.3. The zero-order valence-corrected chi connectivity index (χ0v) is 14.4. The number of hydrogen-bond donors (Lipinski definition) is 1. The molecule has 1 fully saturated rings. The fraction of sp³-hybridized carbons (Fsp3) is 0.250. The molecule has 0 aliphatic carbocycles. The van der Waals surface area contributed by atoms with E-state index in [2.05, 4.69) is 11.4 Å². The maximum absolute atomic E-state index is 13.0. The first-order chi connectivity index (χ1) is 12.5. The molecule has 2 aliphatic rings. The fourth-order valence-corrected chi connectivity index (χ4v) is 3.56. The van der Waals surface area contributed by atoms with E-state index in [0.29, 0.717) is 5.56 Å². The monoisotopic (exact) mass is 349 g/mol. The van der Waals surface area contributed by atoms with Crippen LogP contribution in [0.1, 0.15) is 28.4 Å². The molecule has 2 aromatic carbocycles. The van der Waals surface area contributed by atoms with Crippen molar-refractivity contribution in [2.45, 2.75) is 25.9 Å². The van der Waals surface area contributed by atoms with Crippen molar-refractivity contribution in [1.29, 1.82) is 0 Å². The molecule has 0 radical (unpaired) electrons. The summed E-state index contributed by atoms with van der Waals surface area (Å²) in [5.41, 5.74) is 3.55. The highest BCUT2D eigenvalue weighted by molar-refractivity contribution is 6.07. The predicted molar refractivity (Wildman–Crippen MR) is 96.8 cm³/mol. The van der Waals surface area contributed by atoms with Gasteiger partial charge in [-0.25, -0.2) is 4.79 Å². The summed E-state index contributed by atoms with van der Waals surface area (Å²) < 4.78 is 0. The van der Waals surface area contributed by atoms with Crippen LogP contribution in [0.25, 0.3) is 0 Å². The lowest BCUT2D eigenvalue weighted by Crippen LogP contribution is -2.35. The Morgan fingerprint density at radius 2 is 1.85 bits per heavy atom. The Labute approximate surface area is 151 Å². The second kappa shape index (κ2) is 6.29. The highest BCUT2D eigenvalue weighted by Gasteiger charge is 2.31. The highest BCUT2D eigenvalue weighted by atomic mass is 16.2. The highest BCUT2D eigenvalue weighted by Crippen LogP contribution is 2.33. The fourth-order valence-electron chi connectivity index (χ4n) is 3.56. The van der Waals surface area contributed by atoms with Gasteiger partial charge in [0.25, 0.3) is 5.91 Å². The molecule has 1 N–H and O–H groups in total. The van der Waals surface area contributed by atoms with E-state index in [9.17, 15) is 14.4 Å². The summed E-state index contributed by atoms with van der Waals surface area (Å²) in [5.74, 6) is -0.276. The van der Waals surface area contributed by atoms with Gasteiger partial charge in [-0.2, -0.15) is 0 Å². The van der Waals surface area contributed by atoms with E-state index in [-0.39, 0.29) is 37.0 Å². The number of para-hydroxylation sites is 1. The average Bonchev–Trinajstić information content (AvgIpc) is 3.14. The van der Waals surface area contributed by atoms with Crippen LogP contribution in [0.3, 0.4) is 0 Å². The summed E-state index contributed by atoms with van der Waals surface area (Å²) in [5, 5.41) is 2.50. The van der Waals surface area contributed by atoms with E-state index in [0.717, 1.165) is 17.7 Å². The summed E-state index contributed by atoms with van der Waals surface area (Å²) in [6.45, 7) is 2.30. The summed E-state index contributed by atoms with van der Waals surface area (Å²) in [7, 11) is 0. The van der Waals surface area contributed by atoms with Gasteiger partial charge in [0.1, 0.15) is 0 Å². The van der Waals surface area contributed by atoms with E-state index >= 15 is 0 Å². The van der Waals surface area contributed by atoms with Crippen LogP contribution >= 0.6 is 0 Å². The Bertz CT molecular complexity index is 875. The van der Waals surface area contributed by atoms with Gasteiger partial charge in [0, 0.05) is 17.3 Å². The van der Waals surface area contributed by atoms with Crippen LogP contribution in [0.5, 0.6) is 0 Å². The number of nitrogens with one attached hydrogen (secondary N) is 1. The molecule has 1 atom stereocenters. The minimum atomic E-state index is -0.377. The van der Waals surface area contributed by atoms with Gasteiger partial charge in [-0.15, -0.1) is 0 Å². The topological polar surface area (TPSA) is 69.7 Å². The third-order valence-electron chi connectivity index (χ3n) is 4.90. The van der Waals surface area contributed by atoms with Gasteiger partial charge in [-0.3, -0.25) is 14.5 Å². The zero-order valence-electron chi connectivity index (χ0n) is 14.4. The lowest BCUT2D eigenvalue weighted by molar-refractivity contribution is -0.125. The molecular weight excluding hydrogens is 330 g/mol. The van der Waals surface area contributed by atoms with E-state index in [1.807, 2.05) is 30.0 Å². The number of imide groups is 1. The van der Waals surface area contributed by atoms with Crippen molar-refractivity contribution in [2.75, 3.05) is 11.4 Å². The molecule has 0 unspecified atom stereocenters. The predicted octanol–water partition coefficient (Wildman–Crippen LogP) is 2.33. The average molecular weight is 349 g/mol. The first kappa shape index (κ1) is 16.3. The molecule has 0 saturated carbocycles. The summed E-state index contributed by atoms with van der Waals surface area (Å²) in [6, 6.07) is 14.8. The number of fused-ring (bicyclic) bond motifs is 1. The van der Waals surface area contributed by atoms with Crippen molar-refractivity contribution in [1.82, 2.24) is 10.2 Å². The van der Waals surface area contributed by atoms with Crippen molar-refractivity contribution in [3.8, 4) is 0 Å². The number of benzene rings is 2. The Balaban J connectivity index is 1.53. The molecule has 4 rings (SSSR count). The van der Waals surface area contributed by atoms with Gasteiger partial charge in [0.2, 0.25) is 5.91 Å². The molecule has 26 heavy (non-hydrogen) atoms. The maximum Gasteiger partial charge on any atom is 0.324 e. The van der Waals surface area contributed by atoms with Gasteiger partial charge in [-0.1, -0.05) is 30.3 Å². The Kier molecular flexibility index (Phi) is 3.95. The lowest BCUT2D eigenvalue weighted by Gasteiger charge is -2.23. The number of nitrogens with zero attached hydrogens (tertiary/aromatic N) is 2. The molecule has 4 amide bonds. The molecule has 2 aliphatic heterocycles. The van der Waals surface area contributed by atoms with Crippen LogP contribution in [0.15, 0.2) is 48.5 Å². The van der Waals surface area contributed by atoms with Gasteiger partial charge < -0.3 is 10.2 Å². The number of carbonyl (C=O) groups is 3. The van der Waals surface area contributed by atoms with Gasteiger partial charge in [0.05, 0.1) is 13.1 Å². The van der Waals surface area contributed by atoms with Crippen molar-refractivity contribution < 1.29 is 14.4 Å². The second-order valence-electron chi connectivity index (χ2n) is 6.69. The first-order valence-electron chi connectivity index (χ1n) is 8.63. The van der Waals surface area contributed by atoms with Crippen LogP contribution in [0, 0.1) is 0 Å². The van der Waals surface area contributed by atoms with Gasteiger partial charge in [-0.05, 0) is 42.7 Å². The lowest BCUT2D eigenvalue weighted by atomic mass is 10.1. The van der Waals surface area contributed by atoms with Crippen molar-refractivity contribution >= 4 is 23.5 Å². The molecule has 1 saturated heterocycles. The minimum absolute atomic E-state index is 0.0380. The molecular formula is C20H19N3O3. The molecule has 0 aromatic heterocycles. The number of rotatable bonds is 3. The van der Waals surface area contributed by atoms with E-state index < -0.39 is 0 Å². The largest absolute Gasteiger partial charge is 0.329 e. The summed E-state index contributed by atoms with van der Waals surface area (Å²) >= 11 is 0. The molecule has 0 spiro atoms. The zero-order chi connectivity index (χ0) is 18.3. The number of anilines is 1. The van der Waals surface area contributed by atoms with Crippen molar-refractivity contribution in [3.63, 3.8) is 0 Å². The molecule has 132 valence electrons. The van der Waals surface area contributed by atoms with Crippen molar-refractivity contribution in [2.24, 2.45) is 0 Å². The van der Waals surface area contributed by atoms with Crippen LogP contribution in [-0.2, 0) is 17.8 Å². The van der Waals surface area contributed by atoms with Crippen LogP contribution in [0.2, 0.25) is 0 Å². The molecule has 6 nitrogen and oxygen atoms in total. The molecule has 2 heterocycles. The van der Waals surface area contributed by atoms with E-state index in [1.54, 1.807) is 24.3 Å². The standard InChI is InChI=1S/C20H19N3O3/c1-13-10-16-4-2-3-5-17(16)23(13)19(25)15-8-6-14(7-9-15)12-22-18(24)11-21-20(22)26/h2-9,13H,10-12H2,1H3,(H,21,26)/t13-/m1/s1. The quantitative estimate of drug-likeness (QED) is 0.865. The first-order valence-corrected chi connectivity index (χ1v) is 8.63. The number of amides is 4. The van der Waals surface area contributed by atoms with Crippen molar-refractivity contribution in [3.05, 3.63) is 65.2 Å². The van der Waals surface area contributed by atoms with Crippen LogP contribution < -0.4 is 10.2 Å². The van der Waals surface area contributed by atoms with Gasteiger partial charge >= 0.3 is 6.03 Å². The number of carbonyl (C=O) groups excluding carboxylic acids is 3. The Hall–Kier alpha value is -3.15. The van der Waals surface area contributed by atoms with E-state index in [1.165, 1.54) is 10.5 Å². The third kappa shape index (κ3) is 2.73. The van der Waals surface area contributed by atoms with Crippen LogP contribution in [-0.4, -0.2) is 35.3 Å². The Morgan fingerprint density at radius 1 is 1.12 bits per heavy atom. The molecule has 2 aromatic rings. The molecule has 0 bridgehead atoms. The molecule has 6 heteroatoms.